The molecule has 0 aromatic carbocycles. The first-order valence-electron chi connectivity index (χ1n) is 24.7. The van der Waals surface area contributed by atoms with Gasteiger partial charge in [-0.1, -0.05) is 198 Å². The summed E-state index contributed by atoms with van der Waals surface area (Å²) in [7, 11) is 0. The number of unbranched alkanes of at least 4 members (excludes halogenated alkanes) is 26. The Hall–Kier alpha value is -1.92. The van der Waals surface area contributed by atoms with Crippen LogP contribution in [0, 0.1) is 0 Å². The summed E-state index contributed by atoms with van der Waals surface area (Å²) in [4.78, 5) is 26.0. The van der Waals surface area contributed by atoms with Crippen molar-refractivity contribution in [3.8, 4) is 0 Å². The average Bonchev–Trinajstić information content (AvgIpc) is 3.20. The molecule has 0 aliphatic rings. The average molecular weight is 802 g/mol. The van der Waals surface area contributed by atoms with Gasteiger partial charge in [-0.2, -0.15) is 0 Å². The number of amides is 1. The van der Waals surface area contributed by atoms with E-state index in [1.165, 1.54) is 128 Å². The zero-order valence-electron chi connectivity index (χ0n) is 38.0. The van der Waals surface area contributed by atoms with Gasteiger partial charge < -0.3 is 20.3 Å². The van der Waals surface area contributed by atoms with Crippen LogP contribution in [-0.2, 0) is 14.3 Å². The molecule has 0 saturated carbocycles. The van der Waals surface area contributed by atoms with E-state index in [4.69, 9.17) is 4.74 Å². The van der Waals surface area contributed by atoms with Crippen LogP contribution in [0.15, 0.2) is 36.5 Å². The smallest absolute Gasteiger partial charge is 0.306 e. The molecule has 0 fully saturated rings. The van der Waals surface area contributed by atoms with E-state index in [-0.39, 0.29) is 24.9 Å². The molecule has 0 radical (unpaired) electrons. The van der Waals surface area contributed by atoms with E-state index in [0.29, 0.717) is 19.3 Å². The molecular formula is C51H95NO5. The molecule has 0 aromatic rings. The molecule has 6 nitrogen and oxygen atoms in total. The van der Waals surface area contributed by atoms with Gasteiger partial charge in [0.25, 0.3) is 0 Å². The maximum Gasteiger partial charge on any atom is 0.306 e. The number of aliphatic hydroxyl groups excluding tert-OH is 2. The topological polar surface area (TPSA) is 95.9 Å². The fourth-order valence-corrected chi connectivity index (χ4v) is 7.38. The van der Waals surface area contributed by atoms with Crippen molar-refractivity contribution in [1.82, 2.24) is 5.32 Å². The number of esters is 1. The first-order valence-corrected chi connectivity index (χ1v) is 24.7. The van der Waals surface area contributed by atoms with Gasteiger partial charge >= 0.3 is 5.97 Å². The van der Waals surface area contributed by atoms with Crippen molar-refractivity contribution < 1.29 is 24.5 Å². The molecule has 3 atom stereocenters. The molecule has 3 N–H and O–H groups in total. The number of rotatable bonds is 44. The zero-order valence-corrected chi connectivity index (χ0v) is 38.0. The van der Waals surface area contributed by atoms with Gasteiger partial charge in [0.1, 0.15) is 6.10 Å². The van der Waals surface area contributed by atoms with E-state index >= 15 is 0 Å². The Morgan fingerprint density at radius 1 is 0.509 bits per heavy atom. The summed E-state index contributed by atoms with van der Waals surface area (Å²) in [6.45, 7) is 6.41. The largest absolute Gasteiger partial charge is 0.462 e. The summed E-state index contributed by atoms with van der Waals surface area (Å²) in [6, 6.07) is -0.704. The van der Waals surface area contributed by atoms with Crippen LogP contribution < -0.4 is 5.32 Å². The molecule has 0 aromatic heterocycles. The quantitative estimate of drug-likeness (QED) is 0.0324. The summed E-state index contributed by atoms with van der Waals surface area (Å²) in [5.74, 6) is -0.494. The number of allylic oxidation sites excluding steroid dienone is 6. The lowest BCUT2D eigenvalue weighted by Gasteiger charge is -2.24. The maximum atomic E-state index is 13.2. The highest BCUT2D eigenvalue weighted by Crippen LogP contribution is 2.17. The van der Waals surface area contributed by atoms with Crippen molar-refractivity contribution >= 4 is 11.9 Å². The maximum absolute atomic E-state index is 13.2. The van der Waals surface area contributed by atoms with E-state index in [1.54, 1.807) is 0 Å². The van der Waals surface area contributed by atoms with E-state index < -0.39 is 18.2 Å². The van der Waals surface area contributed by atoms with E-state index in [1.807, 2.05) is 0 Å². The Morgan fingerprint density at radius 2 is 0.912 bits per heavy atom. The number of aliphatic hydroxyl groups is 2. The number of nitrogens with one attached hydrogen (secondary N) is 1. The highest BCUT2D eigenvalue weighted by Gasteiger charge is 2.24. The highest BCUT2D eigenvalue weighted by atomic mass is 16.5. The second-order valence-corrected chi connectivity index (χ2v) is 16.9. The van der Waals surface area contributed by atoms with Gasteiger partial charge in [-0.25, -0.2) is 0 Å². The van der Waals surface area contributed by atoms with Crippen molar-refractivity contribution in [1.29, 1.82) is 0 Å². The first-order chi connectivity index (χ1) is 28.0. The summed E-state index contributed by atoms with van der Waals surface area (Å²) >= 11 is 0. The summed E-state index contributed by atoms with van der Waals surface area (Å²) < 4.78 is 5.91. The normalized spacial score (nSPS) is 13.6. The van der Waals surface area contributed by atoms with Gasteiger partial charge in [0, 0.05) is 6.42 Å². The third-order valence-corrected chi connectivity index (χ3v) is 11.2. The van der Waals surface area contributed by atoms with Gasteiger partial charge in [0.15, 0.2) is 0 Å². The molecular weight excluding hydrogens is 707 g/mol. The standard InChI is InChI=1S/C51H95NO5/c1-4-7-10-13-16-19-22-24-25-26-28-30-33-36-39-42-47(57-51(56)44-41-38-35-32-27-21-18-15-12-9-6-3)45-50(55)52-48(46-53)49(54)43-40-37-34-31-29-23-20-17-14-11-8-5-2/h15-16,18-19,24-25,47-49,53-54H,4-14,17,20-23,26-46H2,1-3H3,(H,52,55)/b18-15-,19-16-,25-24-. The van der Waals surface area contributed by atoms with Crippen LogP contribution in [0.3, 0.4) is 0 Å². The fourth-order valence-electron chi connectivity index (χ4n) is 7.38. The lowest BCUT2D eigenvalue weighted by Crippen LogP contribution is -2.46. The molecule has 0 bridgehead atoms. The molecule has 334 valence electrons. The minimum Gasteiger partial charge on any atom is -0.462 e. The van der Waals surface area contributed by atoms with Crippen molar-refractivity contribution in [2.75, 3.05) is 6.61 Å². The van der Waals surface area contributed by atoms with Crippen LogP contribution in [0.25, 0.3) is 0 Å². The van der Waals surface area contributed by atoms with Crippen LogP contribution in [0.1, 0.15) is 252 Å². The predicted molar refractivity (Wildman–Crippen MR) is 246 cm³/mol. The highest BCUT2D eigenvalue weighted by molar-refractivity contribution is 5.77. The third kappa shape index (κ3) is 40.6. The molecule has 0 rings (SSSR count). The summed E-state index contributed by atoms with van der Waals surface area (Å²) in [5.41, 5.74) is 0. The summed E-state index contributed by atoms with van der Waals surface area (Å²) in [5, 5.41) is 23.7. The number of ether oxygens (including phenoxy) is 1. The van der Waals surface area contributed by atoms with Crippen molar-refractivity contribution in [3.63, 3.8) is 0 Å². The van der Waals surface area contributed by atoms with Crippen molar-refractivity contribution in [2.45, 2.75) is 270 Å². The molecule has 0 spiro atoms. The lowest BCUT2D eigenvalue weighted by atomic mass is 10.0. The molecule has 0 heterocycles. The van der Waals surface area contributed by atoms with Crippen LogP contribution in [0.2, 0.25) is 0 Å². The zero-order chi connectivity index (χ0) is 41.7. The fraction of sp³-hybridized carbons (Fsp3) is 0.843. The monoisotopic (exact) mass is 802 g/mol. The van der Waals surface area contributed by atoms with Crippen molar-refractivity contribution in [2.24, 2.45) is 0 Å². The lowest BCUT2D eigenvalue weighted by molar-refractivity contribution is -0.151. The second kappa shape index (κ2) is 45.2. The van der Waals surface area contributed by atoms with Gasteiger partial charge in [0.2, 0.25) is 5.91 Å². The van der Waals surface area contributed by atoms with E-state index in [0.717, 1.165) is 77.0 Å². The van der Waals surface area contributed by atoms with Crippen LogP contribution in [0.5, 0.6) is 0 Å². The van der Waals surface area contributed by atoms with E-state index in [9.17, 15) is 19.8 Å². The molecule has 1 amide bonds. The van der Waals surface area contributed by atoms with Crippen LogP contribution >= 0.6 is 0 Å². The molecule has 0 saturated heterocycles. The number of carbonyl (C=O) groups is 2. The second-order valence-electron chi connectivity index (χ2n) is 16.9. The van der Waals surface area contributed by atoms with Crippen LogP contribution in [0.4, 0.5) is 0 Å². The van der Waals surface area contributed by atoms with Crippen LogP contribution in [-0.4, -0.2) is 46.9 Å². The first kappa shape index (κ1) is 55.1. The summed E-state index contributed by atoms with van der Waals surface area (Å²) in [6.07, 6.45) is 52.0. The molecule has 57 heavy (non-hydrogen) atoms. The Balaban J connectivity index is 4.61. The molecule has 6 heteroatoms. The Kier molecular flexibility index (Phi) is 43.6. The molecule has 3 unspecified atom stereocenters. The number of hydrogen-bond acceptors (Lipinski definition) is 5. The van der Waals surface area contributed by atoms with E-state index in [2.05, 4.69) is 62.5 Å². The van der Waals surface area contributed by atoms with Crippen molar-refractivity contribution in [3.05, 3.63) is 36.5 Å². The van der Waals surface area contributed by atoms with Gasteiger partial charge in [-0.3, -0.25) is 9.59 Å². The van der Waals surface area contributed by atoms with Gasteiger partial charge in [-0.05, 0) is 77.0 Å². The Bertz CT molecular complexity index is 946. The third-order valence-electron chi connectivity index (χ3n) is 11.2. The SMILES string of the molecule is CCCC/C=C\CCCCCCCC(=O)OC(CCCCCCC/C=C\C/C=C\CCCCC)CC(=O)NC(CO)C(O)CCCCCCCCCCCCCC. The molecule has 0 aliphatic carbocycles. The van der Waals surface area contributed by atoms with Gasteiger partial charge in [-0.15, -0.1) is 0 Å². The Labute approximate surface area is 353 Å². The number of carbonyl (C=O) groups excluding carboxylic acids is 2. The minimum absolute atomic E-state index is 0.0666. The van der Waals surface area contributed by atoms with Gasteiger partial charge in [0.05, 0.1) is 25.2 Å². The predicted octanol–water partition coefficient (Wildman–Crippen LogP) is 14.5. The number of hydrogen-bond donors (Lipinski definition) is 3. The molecule has 0 aliphatic heterocycles. The minimum atomic E-state index is -0.790. The Morgan fingerprint density at radius 3 is 1.44 bits per heavy atom.